The van der Waals surface area contributed by atoms with E-state index >= 15 is 0 Å². The van der Waals surface area contributed by atoms with Crippen LogP contribution in [0.5, 0.6) is 5.75 Å². The maximum absolute atomic E-state index is 13.0. The van der Waals surface area contributed by atoms with E-state index in [9.17, 15) is 9.90 Å². The predicted molar refractivity (Wildman–Crippen MR) is 113 cm³/mol. The van der Waals surface area contributed by atoms with E-state index in [0.717, 1.165) is 33.7 Å². The van der Waals surface area contributed by atoms with E-state index in [1.54, 1.807) is 16.5 Å². The topological polar surface area (TPSA) is 59.5 Å². The molecule has 0 fully saturated rings. The molecule has 0 saturated heterocycles. The van der Waals surface area contributed by atoms with Crippen LogP contribution >= 0.6 is 11.3 Å². The Morgan fingerprint density at radius 2 is 1.82 bits per heavy atom. The van der Waals surface area contributed by atoms with Crippen LogP contribution in [0.3, 0.4) is 0 Å². The van der Waals surface area contributed by atoms with Crippen LogP contribution in [0.2, 0.25) is 0 Å². The summed E-state index contributed by atoms with van der Waals surface area (Å²) in [4.78, 5) is 18.3. The Morgan fingerprint density at radius 3 is 2.64 bits per heavy atom. The molecule has 0 amide bonds. The molecular weight excluding hydrogens is 370 g/mol. The van der Waals surface area contributed by atoms with Gasteiger partial charge in [0, 0.05) is 11.4 Å². The summed E-state index contributed by atoms with van der Waals surface area (Å²) < 4.78 is 4.32. The van der Waals surface area contributed by atoms with Crippen LogP contribution in [0.4, 0.5) is 0 Å². The zero-order valence-electron chi connectivity index (χ0n) is 15.4. The van der Waals surface area contributed by atoms with Crippen molar-refractivity contribution in [2.75, 3.05) is 0 Å². The van der Waals surface area contributed by atoms with E-state index in [2.05, 4.69) is 4.98 Å². The lowest BCUT2D eigenvalue weighted by Crippen LogP contribution is -2.22. The minimum absolute atomic E-state index is 0.0546. The van der Waals surface area contributed by atoms with Gasteiger partial charge in [0.1, 0.15) is 5.75 Å². The van der Waals surface area contributed by atoms with E-state index < -0.39 is 0 Å². The van der Waals surface area contributed by atoms with Crippen molar-refractivity contribution in [2.24, 2.45) is 0 Å². The molecule has 28 heavy (non-hydrogen) atoms. The number of aromatic hydroxyl groups is 1. The molecule has 0 radical (unpaired) electrons. The monoisotopic (exact) mass is 387 g/mol. The Hall–Kier alpha value is -3.38. The Labute approximate surface area is 164 Å². The molecule has 0 atom stereocenters. The van der Waals surface area contributed by atoms with Crippen LogP contribution < -0.4 is 10.1 Å². The molecule has 0 spiro atoms. The second kappa shape index (κ2) is 6.07. The molecule has 1 N–H and O–H groups in total. The molecule has 0 unspecified atom stereocenters. The lowest BCUT2D eigenvalue weighted by Gasteiger charge is -2.11. The standard InChI is InChI=1S/C22H17N3O2S/c1-13-11-15(14(2)24(13)18-9-5-6-10-19(18)26)12-20-21(27)25-17-8-4-3-7-16(17)23-22(25)28-20/h3-12,26H,1-2H3/b20-12+. The fraction of sp³-hybridized carbons (Fsp3) is 0.0909. The van der Waals surface area contributed by atoms with Crippen LogP contribution in [0.1, 0.15) is 17.0 Å². The van der Waals surface area contributed by atoms with Crippen LogP contribution in [0, 0.1) is 13.8 Å². The second-order valence-electron chi connectivity index (χ2n) is 6.78. The largest absolute Gasteiger partial charge is 0.506 e. The van der Waals surface area contributed by atoms with Crippen LogP contribution in [0.15, 0.2) is 59.4 Å². The molecular formula is C22H17N3O2S. The molecule has 0 aliphatic rings. The number of phenols is 1. The van der Waals surface area contributed by atoms with Gasteiger partial charge in [-0.05, 0) is 55.8 Å². The maximum atomic E-state index is 13.0. The van der Waals surface area contributed by atoms with Crippen LogP contribution in [-0.2, 0) is 0 Å². The number of para-hydroxylation sites is 4. The van der Waals surface area contributed by atoms with Gasteiger partial charge in [0.15, 0.2) is 4.96 Å². The molecule has 5 rings (SSSR count). The third-order valence-corrected chi connectivity index (χ3v) is 5.99. The number of thiazole rings is 1. The third-order valence-electron chi connectivity index (χ3n) is 5.02. The van der Waals surface area contributed by atoms with Gasteiger partial charge >= 0.3 is 0 Å². The van der Waals surface area contributed by atoms with Crippen molar-refractivity contribution in [1.29, 1.82) is 0 Å². The minimum Gasteiger partial charge on any atom is -0.506 e. The van der Waals surface area contributed by atoms with Gasteiger partial charge in [-0.2, -0.15) is 0 Å². The van der Waals surface area contributed by atoms with E-state index in [1.807, 2.05) is 67.0 Å². The third kappa shape index (κ3) is 2.38. The number of aromatic nitrogens is 3. The highest BCUT2D eigenvalue weighted by molar-refractivity contribution is 7.15. The first-order chi connectivity index (χ1) is 13.5. The van der Waals surface area contributed by atoms with E-state index in [-0.39, 0.29) is 11.3 Å². The van der Waals surface area contributed by atoms with Gasteiger partial charge in [0.05, 0.1) is 21.3 Å². The van der Waals surface area contributed by atoms with Crippen molar-refractivity contribution >= 4 is 33.4 Å². The molecule has 3 heterocycles. The van der Waals surface area contributed by atoms with Crippen molar-refractivity contribution in [2.45, 2.75) is 13.8 Å². The minimum atomic E-state index is -0.0546. The van der Waals surface area contributed by atoms with Crippen molar-refractivity contribution in [3.63, 3.8) is 0 Å². The quantitative estimate of drug-likeness (QED) is 0.504. The number of hydrogen-bond donors (Lipinski definition) is 1. The molecule has 0 aliphatic heterocycles. The first kappa shape index (κ1) is 16.8. The maximum Gasteiger partial charge on any atom is 0.274 e. The fourth-order valence-corrected chi connectivity index (χ4v) is 4.69. The van der Waals surface area contributed by atoms with E-state index in [1.165, 1.54) is 11.3 Å². The molecule has 6 heteroatoms. The molecule has 5 nitrogen and oxygen atoms in total. The Kier molecular flexibility index (Phi) is 3.64. The highest BCUT2D eigenvalue weighted by Gasteiger charge is 2.14. The van der Waals surface area contributed by atoms with Crippen LogP contribution in [0.25, 0.3) is 27.8 Å². The molecule has 0 bridgehead atoms. The molecule has 0 saturated carbocycles. The highest BCUT2D eigenvalue weighted by Crippen LogP contribution is 2.27. The van der Waals surface area contributed by atoms with Gasteiger partial charge in [-0.1, -0.05) is 35.6 Å². The summed E-state index contributed by atoms with van der Waals surface area (Å²) in [6.07, 6.45) is 1.91. The zero-order chi connectivity index (χ0) is 19.4. The predicted octanol–water partition coefficient (Wildman–Crippen LogP) is 3.57. The van der Waals surface area contributed by atoms with Gasteiger partial charge in [0.2, 0.25) is 0 Å². The highest BCUT2D eigenvalue weighted by atomic mass is 32.1. The number of fused-ring (bicyclic) bond motifs is 3. The summed E-state index contributed by atoms with van der Waals surface area (Å²) >= 11 is 1.39. The summed E-state index contributed by atoms with van der Waals surface area (Å²) in [7, 11) is 0. The second-order valence-corrected chi connectivity index (χ2v) is 7.79. The SMILES string of the molecule is Cc1cc(/C=c2/sc3nc4ccccc4n3c2=O)c(C)n1-c1ccccc1O. The summed E-state index contributed by atoms with van der Waals surface area (Å²) in [5.74, 6) is 0.224. The van der Waals surface area contributed by atoms with Gasteiger partial charge in [0.25, 0.3) is 5.56 Å². The zero-order valence-corrected chi connectivity index (χ0v) is 16.2. The summed E-state index contributed by atoms with van der Waals surface area (Å²) in [6, 6.07) is 16.9. The molecule has 2 aromatic carbocycles. The smallest absolute Gasteiger partial charge is 0.274 e. The van der Waals surface area contributed by atoms with Gasteiger partial charge in [-0.3, -0.25) is 4.79 Å². The van der Waals surface area contributed by atoms with Gasteiger partial charge in [-0.25, -0.2) is 9.38 Å². The molecule has 5 aromatic rings. The Balaban J connectivity index is 1.72. The first-order valence-corrected chi connectivity index (χ1v) is 9.75. The number of imidazole rings is 1. The summed E-state index contributed by atoms with van der Waals surface area (Å²) in [5, 5.41) is 10.2. The average molecular weight is 387 g/mol. The van der Waals surface area contributed by atoms with E-state index in [0.29, 0.717) is 9.49 Å². The van der Waals surface area contributed by atoms with Crippen molar-refractivity contribution in [1.82, 2.24) is 14.0 Å². The number of phenolic OH excluding ortho intramolecular Hbond substituents is 1. The van der Waals surface area contributed by atoms with Crippen molar-refractivity contribution < 1.29 is 5.11 Å². The number of benzene rings is 2. The first-order valence-electron chi connectivity index (χ1n) is 8.93. The Bertz CT molecular complexity index is 1470. The lowest BCUT2D eigenvalue weighted by molar-refractivity contribution is 0.471. The van der Waals surface area contributed by atoms with E-state index in [4.69, 9.17) is 0 Å². The number of aryl methyl sites for hydroxylation is 1. The molecule has 0 aliphatic carbocycles. The van der Waals surface area contributed by atoms with Gasteiger partial charge < -0.3 is 9.67 Å². The number of rotatable bonds is 2. The van der Waals surface area contributed by atoms with Gasteiger partial charge in [-0.15, -0.1) is 0 Å². The lowest BCUT2D eigenvalue weighted by atomic mass is 10.2. The average Bonchev–Trinajstić information content (AvgIpc) is 3.28. The molecule has 138 valence electrons. The number of hydrogen-bond acceptors (Lipinski definition) is 4. The fourth-order valence-electron chi connectivity index (χ4n) is 3.71. The normalized spacial score (nSPS) is 12.4. The Morgan fingerprint density at radius 1 is 1.07 bits per heavy atom. The summed E-state index contributed by atoms with van der Waals surface area (Å²) in [5.41, 5.74) is 5.24. The van der Waals surface area contributed by atoms with Crippen LogP contribution in [-0.4, -0.2) is 19.1 Å². The summed E-state index contributed by atoms with van der Waals surface area (Å²) in [6.45, 7) is 3.98. The van der Waals surface area contributed by atoms with Crippen molar-refractivity contribution in [3.05, 3.63) is 86.4 Å². The number of nitrogens with zero attached hydrogens (tertiary/aromatic N) is 3. The van der Waals surface area contributed by atoms with Crippen molar-refractivity contribution in [3.8, 4) is 11.4 Å². The molecule has 3 aromatic heterocycles.